The second-order valence-corrected chi connectivity index (χ2v) is 5.48. The number of rotatable bonds is 6. The van der Waals surface area contributed by atoms with E-state index in [1.54, 1.807) is 13.2 Å². The summed E-state index contributed by atoms with van der Waals surface area (Å²) >= 11 is 0. The van der Waals surface area contributed by atoms with Crippen molar-refractivity contribution < 1.29 is 19.7 Å². The zero-order valence-electron chi connectivity index (χ0n) is 13.8. The van der Waals surface area contributed by atoms with E-state index in [1.165, 1.54) is 12.1 Å². The predicted octanol–water partition coefficient (Wildman–Crippen LogP) is 4.51. The van der Waals surface area contributed by atoms with Crippen LogP contribution < -0.4 is 14.8 Å². The van der Waals surface area contributed by atoms with Gasteiger partial charge in [0.15, 0.2) is 0 Å². The molecule has 0 aliphatic carbocycles. The van der Waals surface area contributed by atoms with E-state index < -0.39 is 0 Å². The molecule has 0 aromatic heterocycles. The zero-order chi connectivity index (χ0) is 17.6. The molecule has 0 radical (unpaired) electrons. The summed E-state index contributed by atoms with van der Waals surface area (Å²) in [7, 11) is 1.62. The summed E-state index contributed by atoms with van der Waals surface area (Å²) in [6.45, 7) is 0.512. The maximum Gasteiger partial charge on any atom is 0.142 e. The van der Waals surface area contributed by atoms with Gasteiger partial charge in [-0.25, -0.2) is 0 Å². The van der Waals surface area contributed by atoms with Gasteiger partial charge >= 0.3 is 0 Å². The third kappa shape index (κ3) is 4.35. The van der Waals surface area contributed by atoms with Crippen molar-refractivity contribution in [3.8, 4) is 28.7 Å². The smallest absolute Gasteiger partial charge is 0.142 e. The Balaban J connectivity index is 1.66. The maximum atomic E-state index is 9.80. The molecular weight excluding hydrogens is 318 g/mol. The Bertz CT molecular complexity index is 847. The van der Waals surface area contributed by atoms with Gasteiger partial charge in [0.1, 0.15) is 28.7 Å². The molecule has 0 fully saturated rings. The monoisotopic (exact) mass is 337 g/mol. The van der Waals surface area contributed by atoms with Crippen LogP contribution in [0.4, 0.5) is 5.69 Å². The highest BCUT2D eigenvalue weighted by molar-refractivity contribution is 5.58. The molecule has 25 heavy (non-hydrogen) atoms. The fraction of sp³-hybridized carbons (Fsp3) is 0.100. The molecule has 0 heterocycles. The van der Waals surface area contributed by atoms with Crippen molar-refractivity contribution in [3.05, 3.63) is 72.3 Å². The summed E-state index contributed by atoms with van der Waals surface area (Å²) in [4.78, 5) is 0. The van der Waals surface area contributed by atoms with Crippen LogP contribution in [0.3, 0.4) is 0 Å². The summed E-state index contributed by atoms with van der Waals surface area (Å²) in [6.07, 6.45) is 0. The molecule has 5 heteroatoms. The number of nitrogens with one attached hydrogen (secondary N) is 1. The Morgan fingerprint density at radius 3 is 2.32 bits per heavy atom. The van der Waals surface area contributed by atoms with Crippen molar-refractivity contribution >= 4 is 5.69 Å². The number of phenolic OH excluding ortho intramolecular Hbond substituents is 2. The largest absolute Gasteiger partial charge is 0.508 e. The molecule has 3 N–H and O–H groups in total. The van der Waals surface area contributed by atoms with Gasteiger partial charge < -0.3 is 25.0 Å². The number of hydrogen-bond acceptors (Lipinski definition) is 5. The van der Waals surface area contributed by atoms with E-state index in [0.717, 1.165) is 22.8 Å². The van der Waals surface area contributed by atoms with Crippen molar-refractivity contribution in [3.63, 3.8) is 0 Å². The molecule has 0 saturated heterocycles. The second-order valence-electron chi connectivity index (χ2n) is 5.48. The highest BCUT2D eigenvalue weighted by atomic mass is 16.5. The molecule has 128 valence electrons. The Labute approximate surface area is 146 Å². The molecule has 0 amide bonds. The van der Waals surface area contributed by atoms with Crippen LogP contribution in [0.2, 0.25) is 0 Å². The Morgan fingerprint density at radius 2 is 1.60 bits per heavy atom. The van der Waals surface area contributed by atoms with Gasteiger partial charge in [0.2, 0.25) is 0 Å². The van der Waals surface area contributed by atoms with Gasteiger partial charge in [-0.2, -0.15) is 0 Å². The van der Waals surface area contributed by atoms with Crippen LogP contribution in [-0.4, -0.2) is 17.3 Å². The lowest BCUT2D eigenvalue weighted by Crippen LogP contribution is -1.99. The van der Waals surface area contributed by atoms with Gasteiger partial charge in [0.25, 0.3) is 0 Å². The molecule has 3 aromatic carbocycles. The van der Waals surface area contributed by atoms with Crippen molar-refractivity contribution in [2.24, 2.45) is 0 Å². The Hall–Kier alpha value is -3.34. The number of benzene rings is 3. The minimum atomic E-state index is 0.00522. The van der Waals surface area contributed by atoms with E-state index >= 15 is 0 Å². The minimum absolute atomic E-state index is 0.00522. The van der Waals surface area contributed by atoms with E-state index in [2.05, 4.69) is 5.32 Å². The van der Waals surface area contributed by atoms with E-state index in [4.69, 9.17) is 9.47 Å². The van der Waals surface area contributed by atoms with Gasteiger partial charge in [-0.15, -0.1) is 0 Å². The number of ether oxygens (including phenoxy) is 2. The Morgan fingerprint density at radius 1 is 0.840 bits per heavy atom. The summed E-state index contributed by atoms with van der Waals surface area (Å²) in [6, 6.07) is 19.5. The van der Waals surface area contributed by atoms with Gasteiger partial charge in [0.05, 0.1) is 12.8 Å². The predicted molar refractivity (Wildman–Crippen MR) is 96.6 cm³/mol. The summed E-state index contributed by atoms with van der Waals surface area (Å²) in [5.74, 6) is 2.25. The van der Waals surface area contributed by atoms with Crippen LogP contribution in [0, 0.1) is 0 Å². The fourth-order valence-corrected chi connectivity index (χ4v) is 2.37. The van der Waals surface area contributed by atoms with Crippen LogP contribution in [0.25, 0.3) is 0 Å². The third-order valence-electron chi connectivity index (χ3n) is 3.66. The molecule has 0 aliphatic heterocycles. The molecular formula is C20H19NO4. The first kappa shape index (κ1) is 16.5. The van der Waals surface area contributed by atoms with Crippen LogP contribution in [-0.2, 0) is 6.54 Å². The zero-order valence-corrected chi connectivity index (χ0v) is 13.8. The average Bonchev–Trinajstić information content (AvgIpc) is 2.62. The first-order chi connectivity index (χ1) is 12.1. The van der Waals surface area contributed by atoms with Crippen molar-refractivity contribution in [1.29, 1.82) is 0 Å². The molecule has 0 unspecified atom stereocenters. The molecule has 0 aliphatic rings. The van der Waals surface area contributed by atoms with Crippen molar-refractivity contribution in [2.75, 3.05) is 12.4 Å². The van der Waals surface area contributed by atoms with Gasteiger partial charge in [-0.3, -0.25) is 0 Å². The number of hydrogen-bond donors (Lipinski definition) is 3. The Kier molecular flexibility index (Phi) is 4.95. The molecule has 5 nitrogen and oxygen atoms in total. The molecule has 0 saturated carbocycles. The molecule has 0 atom stereocenters. The van der Waals surface area contributed by atoms with Crippen molar-refractivity contribution in [2.45, 2.75) is 6.54 Å². The first-order valence-corrected chi connectivity index (χ1v) is 7.81. The van der Waals surface area contributed by atoms with Gasteiger partial charge in [-0.05, 0) is 54.1 Å². The van der Waals surface area contributed by atoms with Crippen LogP contribution in [0.1, 0.15) is 5.56 Å². The quantitative estimate of drug-likeness (QED) is 0.456. The summed E-state index contributed by atoms with van der Waals surface area (Å²) in [5.41, 5.74) is 1.55. The normalized spacial score (nSPS) is 10.3. The van der Waals surface area contributed by atoms with Crippen LogP contribution in [0.5, 0.6) is 28.7 Å². The highest BCUT2D eigenvalue weighted by Crippen LogP contribution is 2.28. The lowest BCUT2D eigenvalue weighted by Gasteiger charge is -2.11. The summed E-state index contributed by atoms with van der Waals surface area (Å²) in [5, 5.41) is 22.3. The van der Waals surface area contributed by atoms with Crippen LogP contribution >= 0.6 is 0 Å². The number of methoxy groups -OCH3 is 1. The van der Waals surface area contributed by atoms with E-state index in [1.807, 2.05) is 48.5 Å². The lowest BCUT2D eigenvalue weighted by molar-refractivity contribution is 0.413. The molecule has 0 spiro atoms. The topological polar surface area (TPSA) is 71.0 Å². The molecule has 3 aromatic rings. The summed E-state index contributed by atoms with van der Waals surface area (Å²) < 4.78 is 11.0. The highest BCUT2D eigenvalue weighted by Gasteiger charge is 2.04. The lowest BCUT2D eigenvalue weighted by atomic mass is 10.2. The van der Waals surface area contributed by atoms with E-state index in [0.29, 0.717) is 12.2 Å². The number of anilines is 1. The number of phenols is 2. The second kappa shape index (κ2) is 7.49. The van der Waals surface area contributed by atoms with Crippen LogP contribution in [0.15, 0.2) is 66.7 Å². The standard InChI is InChI=1S/C20H19NO4/c1-24-16-6-8-17(9-7-16)25-18-4-2-3-14(11-18)13-21-19-10-5-15(22)12-20(19)23/h2-12,21-23H,13H2,1H3. The first-order valence-electron chi connectivity index (χ1n) is 7.81. The molecule has 0 bridgehead atoms. The maximum absolute atomic E-state index is 9.80. The van der Waals surface area contributed by atoms with E-state index in [9.17, 15) is 10.2 Å². The third-order valence-corrected chi connectivity index (χ3v) is 3.66. The van der Waals surface area contributed by atoms with Crippen molar-refractivity contribution in [1.82, 2.24) is 0 Å². The SMILES string of the molecule is COc1ccc(Oc2cccc(CNc3ccc(O)cc3O)c2)cc1. The van der Waals surface area contributed by atoms with Gasteiger partial charge in [-0.1, -0.05) is 12.1 Å². The average molecular weight is 337 g/mol. The minimum Gasteiger partial charge on any atom is -0.508 e. The van der Waals surface area contributed by atoms with Gasteiger partial charge in [0, 0.05) is 12.6 Å². The molecule has 3 rings (SSSR count). The number of aromatic hydroxyl groups is 2. The van der Waals surface area contributed by atoms with E-state index in [-0.39, 0.29) is 11.5 Å². The fourth-order valence-electron chi connectivity index (χ4n) is 2.37.